The summed E-state index contributed by atoms with van der Waals surface area (Å²) in [5.41, 5.74) is 2.40. The van der Waals surface area contributed by atoms with Gasteiger partial charge in [-0.1, -0.05) is 29.8 Å². The molecule has 1 aliphatic rings. The third-order valence-corrected chi connectivity index (χ3v) is 4.90. The predicted octanol–water partition coefficient (Wildman–Crippen LogP) is 2.20. The quantitative estimate of drug-likeness (QED) is 0.863. The lowest BCUT2D eigenvalue weighted by atomic mass is 10.1. The van der Waals surface area contributed by atoms with E-state index < -0.39 is 0 Å². The topological polar surface area (TPSA) is 53.4 Å². The number of anilines is 1. The molecule has 0 aliphatic carbocycles. The van der Waals surface area contributed by atoms with Crippen LogP contribution in [0.1, 0.15) is 25.0 Å². The summed E-state index contributed by atoms with van der Waals surface area (Å²) in [5, 5.41) is 7.36. The van der Waals surface area contributed by atoms with Crippen LogP contribution in [0, 0.1) is 6.92 Å². The second-order valence-corrected chi connectivity index (χ2v) is 7.32. The fourth-order valence-corrected chi connectivity index (χ4v) is 3.37. The first-order valence-electron chi connectivity index (χ1n) is 9.35. The normalized spacial score (nSPS) is 16.2. The zero-order valence-corrected chi connectivity index (χ0v) is 16.0. The fourth-order valence-electron chi connectivity index (χ4n) is 3.37. The highest BCUT2D eigenvalue weighted by Gasteiger charge is 2.20. The first kappa shape index (κ1) is 18.6. The van der Waals surface area contributed by atoms with Gasteiger partial charge in [-0.2, -0.15) is 5.10 Å². The zero-order chi connectivity index (χ0) is 18.5. The van der Waals surface area contributed by atoms with E-state index in [0.29, 0.717) is 19.1 Å². The van der Waals surface area contributed by atoms with Crippen molar-refractivity contribution in [3.8, 4) is 0 Å². The minimum absolute atomic E-state index is 0.0222. The molecule has 140 valence electrons. The Labute approximate surface area is 155 Å². The third kappa shape index (κ3) is 4.93. The molecule has 1 amide bonds. The number of rotatable bonds is 6. The van der Waals surface area contributed by atoms with Crippen LogP contribution in [0.3, 0.4) is 0 Å². The lowest BCUT2D eigenvalue weighted by Gasteiger charge is -2.36. The Kier molecular flexibility index (Phi) is 6.06. The van der Waals surface area contributed by atoms with E-state index in [-0.39, 0.29) is 5.91 Å². The van der Waals surface area contributed by atoms with E-state index in [4.69, 9.17) is 0 Å². The molecule has 0 spiro atoms. The molecule has 1 aliphatic heterocycles. The van der Waals surface area contributed by atoms with Gasteiger partial charge in [0, 0.05) is 38.3 Å². The standard InChI is InChI=1S/C20H29N5O/c1-16(2)24-11-9-23(10-12-24)15-20(26)22-19-7-8-21-25(19)14-18-6-4-5-17(3)13-18/h4-8,13,16H,9-12,14-15H2,1-3H3,(H,22,26). The van der Waals surface area contributed by atoms with Gasteiger partial charge in [-0.05, 0) is 26.3 Å². The van der Waals surface area contributed by atoms with Crippen LogP contribution in [-0.2, 0) is 11.3 Å². The van der Waals surface area contributed by atoms with Gasteiger partial charge in [-0.3, -0.25) is 14.6 Å². The summed E-state index contributed by atoms with van der Waals surface area (Å²) in [6, 6.07) is 10.8. The number of hydrogen-bond acceptors (Lipinski definition) is 4. The van der Waals surface area contributed by atoms with Crippen LogP contribution in [0.2, 0.25) is 0 Å². The monoisotopic (exact) mass is 355 g/mol. The van der Waals surface area contributed by atoms with Gasteiger partial charge in [0.25, 0.3) is 0 Å². The Morgan fingerprint density at radius 2 is 1.96 bits per heavy atom. The van der Waals surface area contributed by atoms with Crippen molar-refractivity contribution < 1.29 is 4.79 Å². The molecule has 26 heavy (non-hydrogen) atoms. The van der Waals surface area contributed by atoms with Crippen LogP contribution < -0.4 is 5.32 Å². The van der Waals surface area contributed by atoms with E-state index in [9.17, 15) is 4.79 Å². The maximum Gasteiger partial charge on any atom is 0.239 e. The summed E-state index contributed by atoms with van der Waals surface area (Å²) in [6.45, 7) is 11.5. The molecule has 1 aromatic carbocycles. The van der Waals surface area contributed by atoms with Crippen LogP contribution in [0.15, 0.2) is 36.5 Å². The Bertz CT molecular complexity index is 731. The molecule has 1 saturated heterocycles. The molecule has 1 fully saturated rings. The first-order valence-corrected chi connectivity index (χ1v) is 9.35. The highest BCUT2D eigenvalue weighted by molar-refractivity contribution is 5.91. The molecular formula is C20H29N5O. The first-order chi connectivity index (χ1) is 12.5. The van der Waals surface area contributed by atoms with Crippen molar-refractivity contribution in [2.45, 2.75) is 33.4 Å². The van der Waals surface area contributed by atoms with Gasteiger partial charge in [0.2, 0.25) is 5.91 Å². The average molecular weight is 355 g/mol. The van der Waals surface area contributed by atoms with Crippen molar-refractivity contribution in [2.24, 2.45) is 0 Å². The Hall–Kier alpha value is -2.18. The lowest BCUT2D eigenvalue weighted by molar-refractivity contribution is -0.117. The minimum atomic E-state index is 0.0222. The summed E-state index contributed by atoms with van der Waals surface area (Å²) >= 11 is 0. The van der Waals surface area contributed by atoms with Crippen LogP contribution in [0.4, 0.5) is 5.82 Å². The molecule has 2 heterocycles. The van der Waals surface area contributed by atoms with Crippen LogP contribution in [0.25, 0.3) is 0 Å². The lowest BCUT2D eigenvalue weighted by Crippen LogP contribution is -2.50. The maximum absolute atomic E-state index is 12.4. The van der Waals surface area contributed by atoms with Crippen molar-refractivity contribution in [3.05, 3.63) is 47.7 Å². The largest absolute Gasteiger partial charge is 0.310 e. The Morgan fingerprint density at radius 3 is 2.65 bits per heavy atom. The number of nitrogens with zero attached hydrogens (tertiary/aromatic N) is 4. The van der Waals surface area contributed by atoms with E-state index in [1.54, 1.807) is 6.20 Å². The molecule has 3 rings (SSSR count). The van der Waals surface area contributed by atoms with Crippen molar-refractivity contribution in [2.75, 3.05) is 38.0 Å². The number of nitrogens with one attached hydrogen (secondary N) is 1. The van der Waals surface area contributed by atoms with Crippen molar-refractivity contribution >= 4 is 11.7 Å². The Balaban J connectivity index is 1.53. The number of benzene rings is 1. The fraction of sp³-hybridized carbons (Fsp3) is 0.500. The molecule has 0 atom stereocenters. The number of aromatic nitrogens is 2. The van der Waals surface area contributed by atoms with Crippen LogP contribution >= 0.6 is 0 Å². The van der Waals surface area contributed by atoms with Crippen molar-refractivity contribution in [1.82, 2.24) is 19.6 Å². The number of aryl methyl sites for hydroxylation is 1. The molecule has 0 radical (unpaired) electrons. The second kappa shape index (κ2) is 8.47. The summed E-state index contributed by atoms with van der Waals surface area (Å²) in [7, 11) is 0. The number of carbonyl (C=O) groups excluding carboxylic acids is 1. The number of hydrogen-bond donors (Lipinski definition) is 1. The van der Waals surface area contributed by atoms with E-state index in [1.165, 1.54) is 11.1 Å². The summed E-state index contributed by atoms with van der Waals surface area (Å²) < 4.78 is 1.84. The summed E-state index contributed by atoms with van der Waals surface area (Å²) in [4.78, 5) is 17.1. The SMILES string of the molecule is Cc1cccc(Cn2nccc2NC(=O)CN2CCN(C(C)C)CC2)c1. The van der Waals surface area contributed by atoms with Crippen molar-refractivity contribution in [3.63, 3.8) is 0 Å². The smallest absolute Gasteiger partial charge is 0.239 e. The molecule has 6 heteroatoms. The Morgan fingerprint density at radius 1 is 1.19 bits per heavy atom. The molecule has 6 nitrogen and oxygen atoms in total. The highest BCUT2D eigenvalue weighted by Crippen LogP contribution is 2.12. The number of amides is 1. The average Bonchev–Trinajstić information content (AvgIpc) is 3.02. The summed E-state index contributed by atoms with van der Waals surface area (Å²) in [6.07, 6.45) is 1.73. The van der Waals surface area contributed by atoms with Gasteiger partial charge in [0.05, 0.1) is 19.3 Å². The van der Waals surface area contributed by atoms with Crippen LogP contribution in [0.5, 0.6) is 0 Å². The molecule has 0 unspecified atom stereocenters. The molecular weight excluding hydrogens is 326 g/mol. The predicted molar refractivity (Wildman–Crippen MR) is 104 cm³/mol. The number of piperazine rings is 1. The molecule has 1 aromatic heterocycles. The van der Waals surface area contributed by atoms with Gasteiger partial charge in [0.1, 0.15) is 5.82 Å². The van der Waals surface area contributed by atoms with E-state index in [1.807, 2.05) is 16.8 Å². The summed E-state index contributed by atoms with van der Waals surface area (Å²) in [5.74, 6) is 0.770. The van der Waals surface area contributed by atoms with E-state index in [0.717, 1.165) is 32.0 Å². The van der Waals surface area contributed by atoms with E-state index in [2.05, 4.69) is 59.2 Å². The van der Waals surface area contributed by atoms with Gasteiger partial charge >= 0.3 is 0 Å². The molecule has 2 aromatic rings. The third-order valence-electron chi connectivity index (χ3n) is 4.90. The van der Waals surface area contributed by atoms with Gasteiger partial charge < -0.3 is 5.32 Å². The van der Waals surface area contributed by atoms with Gasteiger partial charge in [-0.25, -0.2) is 4.68 Å². The second-order valence-electron chi connectivity index (χ2n) is 7.32. The zero-order valence-electron chi connectivity index (χ0n) is 16.0. The molecule has 1 N–H and O–H groups in total. The maximum atomic E-state index is 12.4. The van der Waals surface area contributed by atoms with Crippen molar-refractivity contribution in [1.29, 1.82) is 0 Å². The molecule has 0 bridgehead atoms. The highest BCUT2D eigenvalue weighted by atomic mass is 16.2. The van der Waals surface area contributed by atoms with Gasteiger partial charge in [-0.15, -0.1) is 0 Å². The minimum Gasteiger partial charge on any atom is -0.310 e. The molecule has 0 saturated carbocycles. The number of carbonyl (C=O) groups is 1. The van der Waals surface area contributed by atoms with Gasteiger partial charge in [0.15, 0.2) is 0 Å². The van der Waals surface area contributed by atoms with E-state index >= 15 is 0 Å². The van der Waals surface area contributed by atoms with Crippen LogP contribution in [-0.4, -0.2) is 64.3 Å².